The van der Waals surface area contributed by atoms with Crippen LogP contribution in [0, 0.1) is 46.9 Å². The lowest BCUT2D eigenvalue weighted by atomic mass is 9.93. The third-order valence-corrected chi connectivity index (χ3v) is 3.19. The molecule has 0 bridgehead atoms. The number of hydrogen-bond acceptors (Lipinski definition) is 8. The fraction of sp³-hybridized carbons (Fsp3) is 0.0833. The first-order chi connectivity index (χ1) is 11.2. The van der Waals surface area contributed by atoms with Crippen molar-refractivity contribution in [2.75, 3.05) is 0 Å². The van der Waals surface area contributed by atoms with E-state index >= 15 is 0 Å². The molecule has 1 aromatic carbocycles. The van der Waals surface area contributed by atoms with Crippen molar-refractivity contribution in [3.05, 3.63) is 88.1 Å². The first-order valence-corrected chi connectivity index (χ1v) is 6.24. The monoisotopic (exact) mass is 335 g/mol. The van der Waals surface area contributed by atoms with E-state index in [4.69, 9.17) is 0 Å². The minimum Gasteiger partial charge on any atom is -0.258 e. The Morgan fingerprint density at radius 3 is 2.00 bits per heavy atom. The highest BCUT2D eigenvalue weighted by atomic mass is 16.6. The zero-order valence-electron chi connectivity index (χ0n) is 11.6. The average Bonchev–Trinajstić information content (AvgIpc) is 2.53. The van der Waals surface area contributed by atoms with Gasteiger partial charge < -0.3 is 0 Å². The number of benzene rings is 1. The summed E-state index contributed by atoms with van der Waals surface area (Å²) in [7, 11) is 0. The predicted octanol–water partition coefficient (Wildman–Crippen LogP) is 2.26. The Bertz CT molecular complexity index is 841. The molecule has 1 aliphatic rings. The van der Waals surface area contributed by atoms with E-state index in [0.29, 0.717) is 6.07 Å². The molecule has 1 radical (unpaired) electrons. The van der Waals surface area contributed by atoms with Crippen LogP contribution < -0.4 is 0 Å². The fourth-order valence-electron chi connectivity index (χ4n) is 2.22. The van der Waals surface area contributed by atoms with Crippen molar-refractivity contribution < 1.29 is 19.7 Å². The van der Waals surface area contributed by atoms with Gasteiger partial charge in [-0.3, -0.25) is 40.5 Å². The van der Waals surface area contributed by atoms with Gasteiger partial charge in [0.25, 0.3) is 11.4 Å². The summed E-state index contributed by atoms with van der Waals surface area (Å²) >= 11 is 0. The molecule has 1 aromatic rings. The number of non-ortho nitro benzene ring substituents is 1. The van der Waals surface area contributed by atoms with E-state index in [0.717, 1.165) is 18.6 Å². The van der Waals surface area contributed by atoms with Crippen molar-refractivity contribution in [1.82, 2.24) is 0 Å². The van der Waals surface area contributed by atoms with Crippen LogP contribution in [-0.2, 0) is 0 Å². The molecule has 1 aliphatic carbocycles. The van der Waals surface area contributed by atoms with E-state index in [9.17, 15) is 40.5 Å². The largest absolute Gasteiger partial charge is 0.349 e. The lowest BCUT2D eigenvalue weighted by Gasteiger charge is -2.10. The Hall–Kier alpha value is -3.70. The van der Waals surface area contributed by atoms with Gasteiger partial charge in [0.2, 0.25) is 0 Å². The van der Waals surface area contributed by atoms with E-state index in [2.05, 4.69) is 0 Å². The topological polar surface area (TPSA) is 173 Å². The summed E-state index contributed by atoms with van der Waals surface area (Å²) in [4.78, 5) is 40.3. The van der Waals surface area contributed by atoms with Crippen molar-refractivity contribution >= 4 is 16.9 Å². The second kappa shape index (κ2) is 6.20. The van der Waals surface area contributed by atoms with Gasteiger partial charge in [0.15, 0.2) is 0 Å². The highest BCUT2D eigenvalue weighted by Crippen LogP contribution is 2.38. The Balaban J connectivity index is 2.72. The zero-order valence-corrected chi connectivity index (χ0v) is 11.6. The van der Waals surface area contributed by atoms with Crippen LogP contribution in [0.1, 0.15) is 12.0 Å². The van der Waals surface area contributed by atoms with Crippen LogP contribution in [-0.4, -0.2) is 19.7 Å². The van der Waals surface area contributed by atoms with E-state index in [-0.39, 0.29) is 17.6 Å². The molecule has 0 aliphatic heterocycles. The number of allylic oxidation sites excluding steroid dienone is 3. The van der Waals surface area contributed by atoms with Gasteiger partial charge in [-0.25, -0.2) is 0 Å². The van der Waals surface area contributed by atoms with Gasteiger partial charge in [0, 0.05) is 6.07 Å². The summed E-state index contributed by atoms with van der Waals surface area (Å²) in [6.45, 7) is 0. The normalized spacial score (nSPS) is 14.1. The van der Waals surface area contributed by atoms with Gasteiger partial charge >= 0.3 is 11.4 Å². The number of nitrogens with zero attached hydrogens (tertiary/aromatic N) is 4. The minimum atomic E-state index is -1.01. The molecule has 12 heteroatoms. The third kappa shape index (κ3) is 2.92. The summed E-state index contributed by atoms with van der Waals surface area (Å²) in [6.07, 6.45) is 2.19. The van der Waals surface area contributed by atoms with Crippen molar-refractivity contribution in [3.8, 4) is 0 Å². The molecule has 0 fully saturated rings. The number of rotatable bonds is 5. The Morgan fingerprint density at radius 1 is 0.833 bits per heavy atom. The molecule has 0 atom stereocenters. The lowest BCUT2D eigenvalue weighted by Crippen LogP contribution is -2.15. The maximum atomic E-state index is 11.2. The van der Waals surface area contributed by atoms with Gasteiger partial charge in [-0.1, -0.05) is 6.08 Å². The molecular weight excluding hydrogens is 328 g/mol. The van der Waals surface area contributed by atoms with Crippen LogP contribution in [0.15, 0.2) is 35.7 Å². The SMILES string of the molecule is O=[N+]([O-])C1=C([N+](=O)[O-])C(c2ccc([N+](=O)[O-])cc2[N+](=O)[O-])=CC[CH]1. The van der Waals surface area contributed by atoms with Crippen LogP contribution in [0.25, 0.3) is 5.57 Å². The molecule has 12 nitrogen and oxygen atoms in total. The average molecular weight is 335 g/mol. The van der Waals surface area contributed by atoms with Crippen molar-refractivity contribution in [3.63, 3.8) is 0 Å². The number of nitro benzene ring substituents is 2. The molecule has 0 saturated carbocycles. The smallest absolute Gasteiger partial charge is 0.258 e. The van der Waals surface area contributed by atoms with Crippen LogP contribution in [0.2, 0.25) is 0 Å². The van der Waals surface area contributed by atoms with Gasteiger partial charge in [-0.2, -0.15) is 0 Å². The Labute approximate surface area is 132 Å². The minimum absolute atomic E-state index is 0.0445. The predicted molar refractivity (Wildman–Crippen MR) is 77.7 cm³/mol. The summed E-state index contributed by atoms with van der Waals surface area (Å²) < 4.78 is 0. The molecule has 0 unspecified atom stereocenters. The Morgan fingerprint density at radius 2 is 1.50 bits per heavy atom. The van der Waals surface area contributed by atoms with Gasteiger partial charge in [0.1, 0.15) is 0 Å². The van der Waals surface area contributed by atoms with Gasteiger partial charge in [0.05, 0.1) is 43.3 Å². The van der Waals surface area contributed by atoms with Crippen LogP contribution in [0.5, 0.6) is 0 Å². The molecule has 0 aromatic heterocycles. The fourth-order valence-corrected chi connectivity index (χ4v) is 2.22. The molecular formula is C12H7N4O8. The van der Waals surface area contributed by atoms with E-state index in [1.165, 1.54) is 6.08 Å². The first-order valence-electron chi connectivity index (χ1n) is 6.24. The van der Waals surface area contributed by atoms with Crippen LogP contribution in [0.3, 0.4) is 0 Å². The number of nitro groups is 4. The molecule has 0 heterocycles. The lowest BCUT2D eigenvalue weighted by molar-refractivity contribution is -0.464. The van der Waals surface area contributed by atoms with Crippen molar-refractivity contribution in [2.24, 2.45) is 0 Å². The molecule has 0 spiro atoms. The Kier molecular flexibility index (Phi) is 4.30. The first kappa shape index (κ1) is 16.7. The summed E-state index contributed by atoms with van der Waals surface area (Å²) in [5.74, 6) is 0. The van der Waals surface area contributed by atoms with Crippen LogP contribution in [0.4, 0.5) is 11.4 Å². The third-order valence-electron chi connectivity index (χ3n) is 3.19. The molecule has 0 amide bonds. The van der Waals surface area contributed by atoms with Gasteiger partial charge in [-0.05, 0) is 12.5 Å². The summed E-state index contributed by atoms with van der Waals surface area (Å²) in [5.41, 5.74) is -3.64. The van der Waals surface area contributed by atoms with Crippen molar-refractivity contribution in [2.45, 2.75) is 6.42 Å². The molecule has 24 heavy (non-hydrogen) atoms. The number of hydrogen-bond donors (Lipinski definition) is 0. The molecule has 123 valence electrons. The maximum Gasteiger partial charge on any atom is 0.349 e. The van der Waals surface area contributed by atoms with E-state index < -0.39 is 42.5 Å². The highest BCUT2D eigenvalue weighted by molar-refractivity contribution is 5.84. The standard InChI is InChI=1S/C12H7N4O8/c17-13(18)7-4-5-8(11(6-7)15(21)22)9-2-1-3-10(14(19)20)12(9)16(23)24/h2-6H,1H2. The van der Waals surface area contributed by atoms with Crippen LogP contribution >= 0.6 is 0 Å². The molecule has 0 saturated heterocycles. The summed E-state index contributed by atoms with van der Waals surface area (Å²) in [6, 6.07) is 2.55. The summed E-state index contributed by atoms with van der Waals surface area (Å²) in [5, 5.41) is 44.1. The van der Waals surface area contributed by atoms with E-state index in [1.54, 1.807) is 0 Å². The van der Waals surface area contributed by atoms with Crippen molar-refractivity contribution in [1.29, 1.82) is 0 Å². The van der Waals surface area contributed by atoms with E-state index in [1.807, 2.05) is 0 Å². The second-order valence-corrected chi connectivity index (χ2v) is 4.52. The quantitative estimate of drug-likeness (QED) is 0.581. The van der Waals surface area contributed by atoms with Gasteiger partial charge in [-0.15, -0.1) is 0 Å². The molecule has 0 N–H and O–H groups in total. The highest BCUT2D eigenvalue weighted by Gasteiger charge is 2.38. The second-order valence-electron chi connectivity index (χ2n) is 4.52. The maximum absolute atomic E-state index is 11.2. The zero-order chi connectivity index (χ0) is 18.0. The molecule has 2 rings (SSSR count).